The van der Waals surface area contributed by atoms with E-state index in [0.717, 1.165) is 0 Å². The lowest BCUT2D eigenvalue weighted by atomic mass is 10.0. The Labute approximate surface area is 149 Å². The van der Waals surface area contributed by atoms with E-state index in [1.165, 1.54) is 13.8 Å². The minimum atomic E-state index is -6.11. The van der Waals surface area contributed by atoms with E-state index in [0.29, 0.717) is 11.8 Å². The molecule has 0 atom stereocenters. The minimum absolute atomic E-state index is 0.224. The summed E-state index contributed by atoms with van der Waals surface area (Å²) in [6.45, 7) is 2.50. The molecule has 0 radical (unpaired) electrons. The molecule has 0 aromatic carbocycles. The quantitative estimate of drug-likeness (QED) is 0.341. The Hall–Kier alpha value is -0.760. The van der Waals surface area contributed by atoms with Crippen molar-refractivity contribution in [2.24, 2.45) is 0 Å². The van der Waals surface area contributed by atoms with Crippen LogP contribution in [-0.2, 0) is 14.9 Å². The first-order valence-corrected chi connectivity index (χ1v) is 9.69. The summed E-state index contributed by atoms with van der Waals surface area (Å²) in [5.41, 5.74) is -6.73. The van der Waals surface area contributed by atoms with Gasteiger partial charge in [0.1, 0.15) is 0 Å². The molecule has 0 unspecified atom stereocenters. The summed E-state index contributed by atoms with van der Waals surface area (Å²) in [7, 11) is -4.63. The highest BCUT2D eigenvalue weighted by Crippen LogP contribution is 2.48. The molecule has 26 heavy (non-hydrogen) atoms. The number of thioether (sulfide) groups is 1. The predicted molar refractivity (Wildman–Crippen MR) is 79.3 cm³/mol. The van der Waals surface area contributed by atoms with E-state index in [1.54, 1.807) is 0 Å². The second-order valence-electron chi connectivity index (χ2n) is 6.04. The maximum Gasteiger partial charge on any atom is 0.431 e. The Morgan fingerprint density at radius 3 is 1.85 bits per heavy atom. The maximum absolute atomic E-state index is 13.3. The molecule has 14 heteroatoms. The highest BCUT2D eigenvalue weighted by molar-refractivity contribution is 7.99. The van der Waals surface area contributed by atoms with Gasteiger partial charge < -0.3 is 9.87 Å². The van der Waals surface area contributed by atoms with Crippen LogP contribution in [0.2, 0.25) is 0 Å². The number of alkyl halides is 7. The second kappa shape index (κ2) is 8.50. The predicted octanol–water partition coefficient (Wildman–Crippen LogP) is 2.77. The first kappa shape index (κ1) is 25.2. The summed E-state index contributed by atoms with van der Waals surface area (Å²) in [5, 5.41) is 2.20. The molecule has 0 aromatic rings. The number of carbonyl (C=O) groups is 1. The number of nitrogens with one attached hydrogen (secondary N) is 1. The van der Waals surface area contributed by atoms with Gasteiger partial charge in [0.25, 0.3) is 5.67 Å². The molecule has 0 rings (SSSR count). The number of rotatable bonds is 9. The average Bonchev–Trinajstić information content (AvgIpc) is 2.31. The fourth-order valence-electron chi connectivity index (χ4n) is 1.84. The van der Waals surface area contributed by atoms with Crippen LogP contribution in [0.4, 0.5) is 30.7 Å². The molecule has 1 amide bonds. The topological polar surface area (TPSA) is 86.3 Å². The summed E-state index contributed by atoms with van der Waals surface area (Å²) >= 11 is 0.499. The fourth-order valence-corrected chi connectivity index (χ4v) is 3.76. The number of halogens is 7. The number of hydrogen-bond acceptors (Lipinski definition) is 5. The molecular weight excluding hydrogens is 419 g/mol. The van der Waals surface area contributed by atoms with Crippen molar-refractivity contribution in [3.05, 3.63) is 0 Å². The van der Waals surface area contributed by atoms with Gasteiger partial charge in [-0.15, -0.1) is 0 Å². The molecule has 0 heterocycles. The van der Waals surface area contributed by atoms with Crippen LogP contribution in [0.5, 0.6) is 0 Å². The van der Waals surface area contributed by atoms with Crippen molar-refractivity contribution in [3.8, 4) is 0 Å². The fraction of sp³-hybridized carbons (Fsp3) is 0.917. The van der Waals surface area contributed by atoms with Crippen molar-refractivity contribution in [1.82, 2.24) is 5.32 Å². The molecule has 0 aliphatic carbocycles. The molecule has 0 aromatic heterocycles. The van der Waals surface area contributed by atoms with E-state index in [4.69, 9.17) is 0 Å². The lowest BCUT2D eigenvalue weighted by Crippen LogP contribution is -2.53. The summed E-state index contributed by atoms with van der Waals surface area (Å²) in [6, 6.07) is 0. The van der Waals surface area contributed by atoms with Crippen molar-refractivity contribution in [2.75, 3.05) is 17.3 Å². The van der Waals surface area contributed by atoms with Crippen molar-refractivity contribution < 1.29 is 48.5 Å². The van der Waals surface area contributed by atoms with E-state index in [2.05, 4.69) is 5.32 Å². The highest BCUT2D eigenvalue weighted by atomic mass is 32.2. The molecule has 156 valence electrons. The molecule has 0 spiro atoms. The maximum atomic E-state index is 13.3. The van der Waals surface area contributed by atoms with Gasteiger partial charge in [0.05, 0.1) is 15.9 Å². The van der Waals surface area contributed by atoms with Crippen LogP contribution in [0.1, 0.15) is 26.7 Å². The highest BCUT2D eigenvalue weighted by Gasteiger charge is 2.71. The number of amides is 1. The molecule has 5 nitrogen and oxygen atoms in total. The molecule has 0 bridgehead atoms. The summed E-state index contributed by atoms with van der Waals surface area (Å²) < 4.78 is 119. The molecule has 0 aliphatic rings. The Kier molecular flexibility index (Phi) is 8.25. The first-order chi connectivity index (χ1) is 11.3. The average molecular weight is 436 g/mol. The third kappa shape index (κ3) is 8.29. The summed E-state index contributed by atoms with van der Waals surface area (Å²) in [5.74, 6) is -2.73. The zero-order chi connectivity index (χ0) is 21.0. The molecule has 0 aliphatic heterocycles. The van der Waals surface area contributed by atoms with Crippen LogP contribution in [0.3, 0.4) is 0 Å². The summed E-state index contributed by atoms with van der Waals surface area (Å²) in [4.78, 5) is 11.6. The van der Waals surface area contributed by atoms with Gasteiger partial charge >= 0.3 is 12.4 Å². The van der Waals surface area contributed by atoms with E-state index in [-0.39, 0.29) is 12.2 Å². The Bertz CT molecular complexity index is 573. The third-order valence-corrected chi connectivity index (χ3v) is 5.04. The number of hydrogen-bond donors (Lipinski definition) is 1. The van der Waals surface area contributed by atoms with Gasteiger partial charge in [0, 0.05) is 24.1 Å². The number of carbonyl (C=O) groups excluding carboxylic acids is 1. The standard InChI is InChI=1S/C12H18F7NO4S2/c1-9(2,7-26(22,23)24)20-8(21)3-5-25-6-4-10(13,11(14,15)16)12(17,18)19/h3-7H2,1-2H3,(H,20,21)(H,22,23,24)/p-1. The van der Waals surface area contributed by atoms with Crippen LogP contribution < -0.4 is 5.32 Å². The van der Waals surface area contributed by atoms with Gasteiger partial charge in [0.15, 0.2) is 0 Å². The summed E-state index contributed by atoms with van der Waals surface area (Å²) in [6.07, 6.45) is -14.5. The Balaban J connectivity index is 4.45. The Morgan fingerprint density at radius 2 is 1.46 bits per heavy atom. The van der Waals surface area contributed by atoms with E-state index >= 15 is 0 Å². The van der Waals surface area contributed by atoms with Crippen LogP contribution >= 0.6 is 11.8 Å². The van der Waals surface area contributed by atoms with Gasteiger partial charge in [-0.25, -0.2) is 12.8 Å². The molecular formula is C12H17F7NO4S2-. The van der Waals surface area contributed by atoms with Crippen molar-refractivity contribution in [2.45, 2.75) is 50.2 Å². The van der Waals surface area contributed by atoms with E-state index in [9.17, 15) is 48.5 Å². The monoisotopic (exact) mass is 436 g/mol. The normalized spacial score (nSPS) is 14.4. The molecule has 0 saturated heterocycles. The lowest BCUT2D eigenvalue weighted by Gasteiger charge is -2.29. The van der Waals surface area contributed by atoms with Crippen LogP contribution in [0.15, 0.2) is 0 Å². The van der Waals surface area contributed by atoms with Crippen molar-refractivity contribution in [1.29, 1.82) is 0 Å². The zero-order valence-electron chi connectivity index (χ0n) is 13.6. The largest absolute Gasteiger partial charge is 0.748 e. The molecule has 0 saturated carbocycles. The Morgan fingerprint density at radius 1 is 1.00 bits per heavy atom. The van der Waals surface area contributed by atoms with Gasteiger partial charge in [-0.1, -0.05) is 0 Å². The van der Waals surface area contributed by atoms with Crippen molar-refractivity contribution in [3.63, 3.8) is 0 Å². The van der Waals surface area contributed by atoms with Gasteiger partial charge in [-0.05, 0) is 19.6 Å². The van der Waals surface area contributed by atoms with E-state index < -0.39 is 57.5 Å². The van der Waals surface area contributed by atoms with Crippen LogP contribution in [0.25, 0.3) is 0 Å². The minimum Gasteiger partial charge on any atom is -0.748 e. The lowest BCUT2D eigenvalue weighted by molar-refractivity contribution is -0.341. The first-order valence-electron chi connectivity index (χ1n) is 6.95. The van der Waals surface area contributed by atoms with Crippen LogP contribution in [-0.4, -0.2) is 59.7 Å². The van der Waals surface area contributed by atoms with E-state index in [1.807, 2.05) is 0 Å². The van der Waals surface area contributed by atoms with Crippen molar-refractivity contribution >= 4 is 27.8 Å². The second-order valence-corrected chi connectivity index (χ2v) is 8.67. The SMILES string of the molecule is CC(C)(CS(=O)(=O)[O-])NC(=O)CCSCCC(F)(C(F)(F)F)C(F)(F)F. The smallest absolute Gasteiger partial charge is 0.431 e. The zero-order valence-corrected chi connectivity index (χ0v) is 15.3. The molecule has 0 fully saturated rings. The third-order valence-electron chi connectivity index (χ3n) is 2.98. The van der Waals surface area contributed by atoms with Gasteiger partial charge in [0.2, 0.25) is 5.91 Å². The van der Waals surface area contributed by atoms with Gasteiger partial charge in [-0.3, -0.25) is 4.79 Å². The van der Waals surface area contributed by atoms with Crippen LogP contribution in [0, 0.1) is 0 Å². The van der Waals surface area contributed by atoms with Gasteiger partial charge in [-0.2, -0.15) is 38.1 Å². The molecule has 1 N–H and O–H groups in total.